The molecule has 0 bridgehead atoms. The number of nitrogens with one attached hydrogen (secondary N) is 1. The monoisotopic (exact) mass is 707 g/mol. The number of carbonyl (C=O) groups is 2. The summed E-state index contributed by atoms with van der Waals surface area (Å²) in [4.78, 5) is 34.8. The Labute approximate surface area is 300 Å². The number of likely N-dealkylation sites (N-methyl/N-ethyl adjacent to an activating group) is 1. The van der Waals surface area contributed by atoms with Gasteiger partial charge in [0.05, 0.1) is 23.9 Å². The molecular formula is C38H65N3O9. The number of hydrogen-bond donors (Lipinski definition) is 4. The van der Waals surface area contributed by atoms with Crippen molar-refractivity contribution >= 4 is 17.5 Å². The summed E-state index contributed by atoms with van der Waals surface area (Å²) in [7, 11) is 3.45. The predicted octanol–water partition coefficient (Wildman–Crippen LogP) is 2.60. The average Bonchev–Trinajstić information content (AvgIpc) is 3.61. The van der Waals surface area contributed by atoms with Gasteiger partial charge in [-0.25, -0.2) is 0 Å². The normalized spacial score (nSPS) is 43.4. The summed E-state index contributed by atoms with van der Waals surface area (Å²) in [6.45, 7) is 16.9. The Kier molecular flexibility index (Phi) is 15.5. The molecule has 12 nitrogen and oxygen atoms in total. The molecule has 3 fully saturated rings. The highest BCUT2D eigenvalue weighted by atomic mass is 16.7. The SMILES string of the molecule is C#CCCN(C)[C@H]1C[C@@H](C)O[C@@H](O[C@@H]2[C@@H](C)C(=O)[C@@H](C)C(=O)O[C@H](CC)[C@@](C)(O)[C@H](O)[C@@H](C)C(=NC[C@@H]3CCNC3)[C@H](C)C[C@@]2(C)OC)[C@@H]1O. The zero-order valence-electron chi connectivity index (χ0n) is 32.1. The summed E-state index contributed by atoms with van der Waals surface area (Å²) in [6, 6.07) is -0.312. The van der Waals surface area contributed by atoms with E-state index >= 15 is 0 Å². The van der Waals surface area contributed by atoms with Gasteiger partial charge in [0.2, 0.25) is 0 Å². The molecule has 0 amide bonds. The minimum atomic E-state index is -1.83. The van der Waals surface area contributed by atoms with Crippen LogP contribution in [-0.2, 0) is 28.5 Å². The molecule has 0 unspecified atom stereocenters. The summed E-state index contributed by atoms with van der Waals surface area (Å²) in [5, 5.41) is 38.5. The fourth-order valence-electron chi connectivity index (χ4n) is 8.18. The maximum atomic E-state index is 14.2. The summed E-state index contributed by atoms with van der Waals surface area (Å²) >= 11 is 0. The molecule has 0 aromatic heterocycles. The number of aliphatic hydroxyl groups excluding tert-OH is 2. The van der Waals surface area contributed by atoms with Gasteiger partial charge in [-0.2, -0.15) is 0 Å². The van der Waals surface area contributed by atoms with Crippen molar-refractivity contribution in [3.63, 3.8) is 0 Å². The molecule has 0 saturated carbocycles. The molecule has 3 heterocycles. The van der Waals surface area contributed by atoms with E-state index in [1.54, 1.807) is 21.0 Å². The van der Waals surface area contributed by atoms with Crippen LogP contribution in [0.2, 0.25) is 0 Å². The van der Waals surface area contributed by atoms with Gasteiger partial charge in [0.15, 0.2) is 12.1 Å². The Bertz CT molecular complexity index is 1200. The van der Waals surface area contributed by atoms with Crippen molar-refractivity contribution < 1.29 is 43.9 Å². The zero-order chi connectivity index (χ0) is 37.6. The lowest BCUT2D eigenvalue weighted by atomic mass is 9.73. The van der Waals surface area contributed by atoms with Crippen LogP contribution >= 0.6 is 0 Å². The number of Topliss-reactive ketones (excluding diaryl/α,β-unsaturated/α-hetero) is 1. The second-order valence-corrected chi connectivity index (χ2v) is 15.6. The Morgan fingerprint density at radius 2 is 1.82 bits per heavy atom. The maximum absolute atomic E-state index is 14.2. The van der Waals surface area contributed by atoms with Crippen LogP contribution in [0.3, 0.4) is 0 Å². The Hall–Kier alpha value is -1.95. The van der Waals surface area contributed by atoms with Crippen LogP contribution in [0.4, 0.5) is 0 Å². The minimum absolute atomic E-state index is 0.217. The number of nitrogens with zero attached hydrogens (tertiary/aromatic N) is 2. The van der Waals surface area contributed by atoms with Crippen LogP contribution in [0.5, 0.6) is 0 Å². The number of ketones is 1. The van der Waals surface area contributed by atoms with Gasteiger partial charge in [0.25, 0.3) is 0 Å². The number of cyclic esters (lactones) is 1. The Balaban J connectivity index is 2.12. The highest BCUT2D eigenvalue weighted by Crippen LogP contribution is 2.38. The van der Waals surface area contributed by atoms with Gasteiger partial charge in [-0.1, -0.05) is 27.7 Å². The third-order valence-electron chi connectivity index (χ3n) is 11.6. The largest absolute Gasteiger partial charge is 0.459 e. The van der Waals surface area contributed by atoms with Gasteiger partial charge in [-0.05, 0) is 85.4 Å². The summed E-state index contributed by atoms with van der Waals surface area (Å²) in [5.41, 5.74) is -2.30. The van der Waals surface area contributed by atoms with Crippen molar-refractivity contribution in [2.24, 2.45) is 34.6 Å². The van der Waals surface area contributed by atoms with Crippen molar-refractivity contribution in [2.45, 2.75) is 142 Å². The van der Waals surface area contributed by atoms with Crippen LogP contribution in [0.15, 0.2) is 4.99 Å². The van der Waals surface area contributed by atoms with Crippen molar-refractivity contribution in [3.05, 3.63) is 0 Å². The van der Waals surface area contributed by atoms with E-state index in [0.29, 0.717) is 44.0 Å². The molecule has 50 heavy (non-hydrogen) atoms. The third kappa shape index (κ3) is 9.72. The second-order valence-electron chi connectivity index (χ2n) is 15.6. The zero-order valence-corrected chi connectivity index (χ0v) is 32.1. The van der Waals surface area contributed by atoms with Crippen molar-refractivity contribution in [2.75, 3.05) is 40.3 Å². The first kappa shape index (κ1) is 42.5. The molecule has 3 aliphatic heterocycles. The molecule has 0 aromatic rings. The van der Waals surface area contributed by atoms with E-state index in [1.165, 1.54) is 13.8 Å². The molecule has 286 valence electrons. The van der Waals surface area contributed by atoms with Crippen LogP contribution < -0.4 is 5.32 Å². The van der Waals surface area contributed by atoms with Crippen LogP contribution in [0.1, 0.15) is 87.5 Å². The lowest BCUT2D eigenvalue weighted by Crippen LogP contribution is -2.60. The number of rotatable bonds is 9. The number of methoxy groups -OCH3 is 1. The molecule has 0 aromatic carbocycles. The first-order chi connectivity index (χ1) is 23.4. The predicted molar refractivity (Wildman–Crippen MR) is 191 cm³/mol. The van der Waals surface area contributed by atoms with Gasteiger partial charge in [-0.15, -0.1) is 12.3 Å². The lowest BCUT2D eigenvalue weighted by molar-refractivity contribution is -0.295. The molecule has 0 radical (unpaired) electrons. The molecule has 0 aliphatic carbocycles. The highest BCUT2D eigenvalue weighted by Gasteiger charge is 2.51. The van der Waals surface area contributed by atoms with E-state index in [1.807, 2.05) is 39.6 Å². The number of carbonyl (C=O) groups excluding carboxylic acids is 2. The van der Waals surface area contributed by atoms with E-state index in [4.69, 9.17) is 30.4 Å². The fourth-order valence-corrected chi connectivity index (χ4v) is 8.18. The van der Waals surface area contributed by atoms with E-state index in [0.717, 1.165) is 19.5 Å². The number of esters is 1. The van der Waals surface area contributed by atoms with E-state index in [9.17, 15) is 24.9 Å². The standard InChI is InChI=1S/C38H65N3O9/c1-12-14-17-41(10)28-18-23(4)48-36(32(28)43)50-34-25(6)31(42)26(7)35(45)49-29(13-2)38(9,46)33(44)24(5)30(22(3)19-37(34,8)47-11)40-21-27-15-16-39-20-27/h1,22-29,32-34,36,39,43-44,46H,13-21H2,2-11H3/t22-,23-,24+,25+,26-,27-,28+,29-,32-,33-,34-,36+,37-,38-/m1/s1. The number of aliphatic imine (C=N–C) groups is 1. The van der Waals surface area contributed by atoms with Gasteiger partial charge >= 0.3 is 5.97 Å². The first-order valence-corrected chi connectivity index (χ1v) is 18.5. The molecular weight excluding hydrogens is 642 g/mol. The minimum Gasteiger partial charge on any atom is -0.459 e. The molecule has 14 atom stereocenters. The Morgan fingerprint density at radius 3 is 2.40 bits per heavy atom. The number of aliphatic hydroxyl groups is 3. The van der Waals surface area contributed by atoms with Crippen LogP contribution in [0.25, 0.3) is 0 Å². The van der Waals surface area contributed by atoms with Crippen LogP contribution in [0, 0.1) is 41.9 Å². The number of ether oxygens (including phenoxy) is 4. The smallest absolute Gasteiger partial charge is 0.316 e. The molecule has 3 saturated heterocycles. The van der Waals surface area contributed by atoms with E-state index in [-0.39, 0.29) is 24.5 Å². The summed E-state index contributed by atoms with van der Waals surface area (Å²) in [5.74, 6) is -1.31. The molecule has 12 heteroatoms. The van der Waals surface area contributed by atoms with Gasteiger partial charge in [0, 0.05) is 50.2 Å². The van der Waals surface area contributed by atoms with Gasteiger partial charge < -0.3 is 39.6 Å². The summed E-state index contributed by atoms with van der Waals surface area (Å²) in [6.07, 6.45) is 2.27. The van der Waals surface area contributed by atoms with Gasteiger partial charge in [-0.3, -0.25) is 19.5 Å². The lowest BCUT2D eigenvalue weighted by Gasteiger charge is -2.47. The number of terminal acetylenes is 1. The Morgan fingerprint density at radius 1 is 1.14 bits per heavy atom. The quantitative estimate of drug-likeness (QED) is 0.159. The molecule has 4 N–H and O–H groups in total. The van der Waals surface area contributed by atoms with Crippen molar-refractivity contribution in [1.29, 1.82) is 0 Å². The molecule has 0 spiro atoms. The molecule has 3 aliphatic rings. The summed E-state index contributed by atoms with van der Waals surface area (Å²) < 4.78 is 25.0. The maximum Gasteiger partial charge on any atom is 0.316 e. The first-order valence-electron chi connectivity index (χ1n) is 18.5. The number of hydrogen-bond acceptors (Lipinski definition) is 12. The van der Waals surface area contributed by atoms with E-state index < -0.39 is 71.4 Å². The van der Waals surface area contributed by atoms with Crippen molar-refractivity contribution in [1.82, 2.24) is 10.2 Å². The second kappa shape index (κ2) is 18.2. The van der Waals surface area contributed by atoms with Gasteiger partial charge in [0.1, 0.15) is 23.7 Å². The fraction of sp³-hybridized carbons (Fsp3) is 0.868. The van der Waals surface area contributed by atoms with Crippen molar-refractivity contribution in [3.8, 4) is 12.3 Å². The third-order valence-corrected chi connectivity index (χ3v) is 11.6. The van der Waals surface area contributed by atoms with Crippen LogP contribution in [-0.4, -0.2) is 132 Å². The average molecular weight is 708 g/mol. The topological polar surface area (TPSA) is 159 Å². The molecule has 3 rings (SSSR count). The highest BCUT2D eigenvalue weighted by molar-refractivity contribution is 6.00. The van der Waals surface area contributed by atoms with E-state index in [2.05, 4.69) is 11.2 Å².